The van der Waals surface area contributed by atoms with E-state index in [0.29, 0.717) is 5.56 Å². The fourth-order valence-corrected chi connectivity index (χ4v) is 1.83. The molecule has 5 nitrogen and oxygen atoms in total. The van der Waals surface area contributed by atoms with E-state index in [4.69, 9.17) is 0 Å². The molecule has 1 aliphatic heterocycles. The van der Waals surface area contributed by atoms with Gasteiger partial charge in [-0.1, -0.05) is 0 Å². The van der Waals surface area contributed by atoms with Gasteiger partial charge in [-0.3, -0.25) is 14.6 Å². The Hall–Kier alpha value is -1.91. The minimum atomic E-state index is -0.259. The Morgan fingerprint density at radius 2 is 2.12 bits per heavy atom. The second kappa shape index (κ2) is 5.43. The third-order valence-electron chi connectivity index (χ3n) is 2.78. The molecule has 2 heterocycles. The number of pyridine rings is 1. The number of carbonyl (C=O) groups excluding carboxylic acids is 2. The standard InChI is InChI=1S/C12H15N3O2/c16-11(15-6-1-2-7-15)9-14-12(17)10-4-3-5-13-8-10/h3-5,8H,1-2,6-7,9H2,(H,14,17). The molecular formula is C12H15N3O2. The van der Waals surface area contributed by atoms with Gasteiger partial charge in [-0.2, -0.15) is 0 Å². The molecule has 0 aromatic carbocycles. The molecule has 0 radical (unpaired) electrons. The molecule has 1 aromatic rings. The van der Waals surface area contributed by atoms with Crippen LogP contribution in [0.2, 0.25) is 0 Å². The minimum Gasteiger partial charge on any atom is -0.343 e. The highest BCUT2D eigenvalue weighted by molar-refractivity contribution is 5.96. The number of nitrogens with zero attached hydrogens (tertiary/aromatic N) is 2. The van der Waals surface area contributed by atoms with Crippen molar-refractivity contribution in [1.82, 2.24) is 15.2 Å². The average Bonchev–Trinajstić information content (AvgIpc) is 2.90. The normalized spacial score (nSPS) is 14.7. The van der Waals surface area contributed by atoms with Gasteiger partial charge in [0.25, 0.3) is 5.91 Å². The number of hydrogen-bond donors (Lipinski definition) is 1. The van der Waals surface area contributed by atoms with Crippen LogP contribution in [0.25, 0.3) is 0 Å². The van der Waals surface area contributed by atoms with Gasteiger partial charge in [0, 0.05) is 25.5 Å². The fourth-order valence-electron chi connectivity index (χ4n) is 1.83. The summed E-state index contributed by atoms with van der Waals surface area (Å²) in [4.78, 5) is 29.0. The van der Waals surface area contributed by atoms with Crippen molar-refractivity contribution in [2.75, 3.05) is 19.6 Å². The first kappa shape index (κ1) is 11.6. The smallest absolute Gasteiger partial charge is 0.253 e. The van der Waals surface area contributed by atoms with E-state index in [9.17, 15) is 9.59 Å². The Bertz CT molecular complexity index is 399. The molecule has 0 aliphatic carbocycles. The molecule has 1 aliphatic rings. The Kier molecular flexibility index (Phi) is 3.69. The van der Waals surface area contributed by atoms with E-state index in [1.54, 1.807) is 23.2 Å². The number of carbonyl (C=O) groups is 2. The van der Waals surface area contributed by atoms with Crippen molar-refractivity contribution >= 4 is 11.8 Å². The zero-order valence-corrected chi connectivity index (χ0v) is 9.56. The summed E-state index contributed by atoms with van der Waals surface area (Å²) in [6.45, 7) is 1.68. The Morgan fingerprint density at radius 1 is 1.35 bits per heavy atom. The summed E-state index contributed by atoms with van der Waals surface area (Å²) >= 11 is 0. The summed E-state index contributed by atoms with van der Waals surface area (Å²) in [5, 5.41) is 2.61. The predicted molar refractivity (Wildman–Crippen MR) is 62.4 cm³/mol. The Morgan fingerprint density at radius 3 is 2.76 bits per heavy atom. The van der Waals surface area contributed by atoms with Crippen molar-refractivity contribution in [3.8, 4) is 0 Å². The van der Waals surface area contributed by atoms with Crippen molar-refractivity contribution in [2.45, 2.75) is 12.8 Å². The van der Waals surface area contributed by atoms with Crippen LogP contribution in [-0.4, -0.2) is 41.3 Å². The van der Waals surface area contributed by atoms with Gasteiger partial charge in [0.2, 0.25) is 5.91 Å². The fraction of sp³-hybridized carbons (Fsp3) is 0.417. The van der Waals surface area contributed by atoms with Crippen LogP contribution >= 0.6 is 0 Å². The second-order valence-corrected chi connectivity index (χ2v) is 4.01. The molecule has 2 amide bonds. The van der Waals surface area contributed by atoms with Gasteiger partial charge in [-0.15, -0.1) is 0 Å². The van der Waals surface area contributed by atoms with Gasteiger partial charge in [-0.25, -0.2) is 0 Å². The van der Waals surface area contributed by atoms with E-state index in [2.05, 4.69) is 10.3 Å². The topological polar surface area (TPSA) is 62.3 Å². The number of hydrogen-bond acceptors (Lipinski definition) is 3. The van der Waals surface area contributed by atoms with Gasteiger partial charge in [0.1, 0.15) is 0 Å². The van der Waals surface area contributed by atoms with Crippen molar-refractivity contribution in [3.05, 3.63) is 30.1 Å². The van der Waals surface area contributed by atoms with Gasteiger partial charge < -0.3 is 10.2 Å². The highest BCUT2D eigenvalue weighted by Crippen LogP contribution is 2.06. The third-order valence-corrected chi connectivity index (χ3v) is 2.78. The van der Waals surface area contributed by atoms with E-state index in [1.165, 1.54) is 6.20 Å². The number of aromatic nitrogens is 1. The largest absolute Gasteiger partial charge is 0.343 e. The minimum absolute atomic E-state index is 0.0141. The molecule has 2 rings (SSSR count). The van der Waals surface area contributed by atoms with Crippen molar-refractivity contribution in [1.29, 1.82) is 0 Å². The summed E-state index contributed by atoms with van der Waals surface area (Å²) < 4.78 is 0. The molecule has 0 bridgehead atoms. The van der Waals surface area contributed by atoms with Gasteiger partial charge in [-0.05, 0) is 25.0 Å². The van der Waals surface area contributed by atoms with E-state index < -0.39 is 0 Å². The van der Waals surface area contributed by atoms with Crippen LogP contribution in [0.1, 0.15) is 23.2 Å². The lowest BCUT2D eigenvalue weighted by Gasteiger charge is -2.15. The monoisotopic (exact) mass is 233 g/mol. The van der Waals surface area contributed by atoms with Gasteiger partial charge in [0.15, 0.2) is 0 Å². The van der Waals surface area contributed by atoms with Crippen LogP contribution in [0, 0.1) is 0 Å². The zero-order valence-electron chi connectivity index (χ0n) is 9.56. The molecule has 0 saturated carbocycles. The molecule has 1 N–H and O–H groups in total. The van der Waals surface area contributed by atoms with Crippen LogP contribution in [0.15, 0.2) is 24.5 Å². The molecule has 1 fully saturated rings. The molecule has 0 spiro atoms. The second-order valence-electron chi connectivity index (χ2n) is 4.01. The SMILES string of the molecule is O=C(NCC(=O)N1CCCC1)c1cccnc1. The third kappa shape index (κ3) is 3.03. The Labute approximate surface area is 99.8 Å². The lowest BCUT2D eigenvalue weighted by molar-refractivity contribution is -0.129. The molecule has 90 valence electrons. The van der Waals surface area contributed by atoms with Crippen LogP contribution in [0.5, 0.6) is 0 Å². The highest BCUT2D eigenvalue weighted by atomic mass is 16.2. The first-order chi connectivity index (χ1) is 8.27. The molecule has 0 unspecified atom stereocenters. The molecule has 5 heteroatoms. The molecular weight excluding hydrogens is 218 g/mol. The highest BCUT2D eigenvalue weighted by Gasteiger charge is 2.18. The zero-order chi connectivity index (χ0) is 12.1. The Balaban J connectivity index is 1.82. The molecule has 1 saturated heterocycles. The quantitative estimate of drug-likeness (QED) is 0.823. The van der Waals surface area contributed by atoms with Gasteiger partial charge in [0.05, 0.1) is 12.1 Å². The summed E-state index contributed by atoms with van der Waals surface area (Å²) in [6, 6.07) is 3.36. The molecule has 1 aromatic heterocycles. The first-order valence-corrected chi connectivity index (χ1v) is 5.73. The maximum absolute atomic E-state index is 11.7. The summed E-state index contributed by atoms with van der Waals surface area (Å²) in [5.41, 5.74) is 0.474. The number of nitrogens with one attached hydrogen (secondary N) is 1. The van der Waals surface area contributed by atoms with Crippen molar-refractivity contribution in [3.63, 3.8) is 0 Å². The lowest BCUT2D eigenvalue weighted by Crippen LogP contribution is -2.38. The van der Waals surface area contributed by atoms with E-state index >= 15 is 0 Å². The molecule has 17 heavy (non-hydrogen) atoms. The summed E-state index contributed by atoms with van der Waals surface area (Å²) in [6.07, 6.45) is 5.20. The lowest BCUT2D eigenvalue weighted by atomic mass is 10.3. The van der Waals surface area contributed by atoms with E-state index in [0.717, 1.165) is 25.9 Å². The number of rotatable bonds is 3. The number of likely N-dealkylation sites (tertiary alicyclic amines) is 1. The van der Waals surface area contributed by atoms with Crippen LogP contribution < -0.4 is 5.32 Å². The summed E-state index contributed by atoms with van der Waals surface area (Å²) in [7, 11) is 0. The van der Waals surface area contributed by atoms with E-state index in [-0.39, 0.29) is 18.4 Å². The van der Waals surface area contributed by atoms with Crippen LogP contribution in [0.3, 0.4) is 0 Å². The molecule has 0 atom stereocenters. The first-order valence-electron chi connectivity index (χ1n) is 5.73. The maximum atomic E-state index is 11.7. The van der Waals surface area contributed by atoms with E-state index in [1.807, 2.05) is 0 Å². The average molecular weight is 233 g/mol. The number of amides is 2. The van der Waals surface area contributed by atoms with Gasteiger partial charge >= 0.3 is 0 Å². The van der Waals surface area contributed by atoms with Crippen molar-refractivity contribution in [2.24, 2.45) is 0 Å². The van der Waals surface area contributed by atoms with Crippen molar-refractivity contribution < 1.29 is 9.59 Å². The van der Waals surface area contributed by atoms with Crippen LogP contribution in [-0.2, 0) is 4.79 Å². The van der Waals surface area contributed by atoms with Crippen LogP contribution in [0.4, 0.5) is 0 Å². The predicted octanol–water partition coefficient (Wildman–Crippen LogP) is 0.434. The maximum Gasteiger partial charge on any atom is 0.253 e. The summed E-state index contributed by atoms with van der Waals surface area (Å²) in [5.74, 6) is -0.273.